The van der Waals surface area contributed by atoms with Crippen LogP contribution in [0.4, 0.5) is 4.39 Å². The van der Waals surface area contributed by atoms with Gasteiger partial charge >= 0.3 is 0 Å². The molecule has 0 aromatic carbocycles. The fourth-order valence-electron chi connectivity index (χ4n) is 1.31. The van der Waals surface area contributed by atoms with Gasteiger partial charge in [-0.15, -0.1) is 0 Å². The van der Waals surface area contributed by atoms with E-state index in [1.807, 2.05) is 0 Å². The summed E-state index contributed by atoms with van der Waals surface area (Å²) in [5, 5.41) is 0. The van der Waals surface area contributed by atoms with Gasteiger partial charge in [-0.3, -0.25) is 4.39 Å². The maximum atomic E-state index is 12.1. The number of hydrogen-bond donors (Lipinski definition) is 0. The van der Waals surface area contributed by atoms with Crippen LogP contribution in [-0.4, -0.2) is 6.67 Å². The second-order valence-electron chi connectivity index (χ2n) is 4.12. The molecule has 0 radical (unpaired) electrons. The molecule has 1 heteroatoms. The van der Waals surface area contributed by atoms with E-state index in [2.05, 4.69) is 27.7 Å². The van der Waals surface area contributed by atoms with E-state index in [1.165, 1.54) is 12.8 Å². The summed E-state index contributed by atoms with van der Waals surface area (Å²) < 4.78 is 12.1. The largest absolute Gasteiger partial charge is 0.251 e. The van der Waals surface area contributed by atoms with E-state index in [4.69, 9.17) is 0 Å². The normalized spacial score (nSPS) is 15.0. The molecular weight excluding hydrogens is 139 g/mol. The highest BCUT2D eigenvalue weighted by molar-refractivity contribution is 4.74. The zero-order chi connectivity index (χ0) is 8.91. The van der Waals surface area contributed by atoms with E-state index in [-0.39, 0.29) is 12.1 Å². The molecule has 0 fully saturated rings. The van der Waals surface area contributed by atoms with Crippen LogP contribution >= 0.6 is 0 Å². The second kappa shape index (κ2) is 4.74. The molecule has 1 unspecified atom stereocenters. The Hall–Kier alpha value is -0.0700. The Kier molecular flexibility index (Phi) is 4.71. The fraction of sp³-hybridized carbons (Fsp3) is 1.00. The molecule has 11 heavy (non-hydrogen) atoms. The Morgan fingerprint density at radius 1 is 1.36 bits per heavy atom. The minimum absolute atomic E-state index is 0.180. The molecular formula is C10H21F. The summed E-state index contributed by atoms with van der Waals surface area (Å²) in [6.07, 6.45) is 3.12. The molecule has 0 aliphatic carbocycles. The molecule has 68 valence electrons. The van der Waals surface area contributed by atoms with Crippen LogP contribution < -0.4 is 0 Å². The van der Waals surface area contributed by atoms with Crippen molar-refractivity contribution in [3.63, 3.8) is 0 Å². The number of halogens is 1. The van der Waals surface area contributed by atoms with Crippen molar-refractivity contribution in [2.45, 2.75) is 47.0 Å². The molecule has 0 rings (SSSR count). The van der Waals surface area contributed by atoms with Crippen LogP contribution in [0.25, 0.3) is 0 Å². The number of alkyl halides is 1. The van der Waals surface area contributed by atoms with Crippen LogP contribution in [0, 0.1) is 11.3 Å². The van der Waals surface area contributed by atoms with Crippen LogP contribution in [0.2, 0.25) is 0 Å². The minimum atomic E-state index is -0.180. The third-order valence-corrected chi connectivity index (χ3v) is 2.79. The molecule has 0 aromatic heterocycles. The van der Waals surface area contributed by atoms with Gasteiger partial charge in [-0.05, 0) is 17.8 Å². The van der Waals surface area contributed by atoms with Gasteiger partial charge in [-0.1, -0.05) is 40.5 Å². The molecule has 1 atom stereocenters. The first kappa shape index (κ1) is 10.9. The topological polar surface area (TPSA) is 0 Å². The Morgan fingerprint density at radius 3 is 2.27 bits per heavy atom. The van der Waals surface area contributed by atoms with Gasteiger partial charge in [0.1, 0.15) is 0 Å². The van der Waals surface area contributed by atoms with Crippen molar-refractivity contribution < 1.29 is 4.39 Å². The zero-order valence-electron chi connectivity index (χ0n) is 8.28. The highest BCUT2D eigenvalue weighted by Crippen LogP contribution is 2.33. The van der Waals surface area contributed by atoms with Crippen LogP contribution in [-0.2, 0) is 0 Å². The molecule has 0 nitrogen and oxygen atoms in total. The molecule has 0 spiro atoms. The van der Waals surface area contributed by atoms with E-state index < -0.39 is 0 Å². The molecule has 0 amide bonds. The summed E-state index contributed by atoms with van der Waals surface area (Å²) in [5.74, 6) is 0.642. The first-order chi connectivity index (χ1) is 5.04. The predicted octanol–water partition coefficient (Wildman–Crippen LogP) is 3.81. The summed E-state index contributed by atoms with van der Waals surface area (Å²) >= 11 is 0. The van der Waals surface area contributed by atoms with Gasteiger partial charge in [0.25, 0.3) is 0 Å². The molecule has 0 bridgehead atoms. The van der Waals surface area contributed by atoms with Crippen molar-refractivity contribution in [2.24, 2.45) is 11.3 Å². The highest BCUT2D eigenvalue weighted by Gasteiger charge is 2.24. The van der Waals surface area contributed by atoms with E-state index in [1.54, 1.807) is 0 Å². The molecule has 0 saturated carbocycles. The summed E-state index contributed by atoms with van der Waals surface area (Å²) in [5.41, 5.74) is 0.185. The standard InChI is InChI=1S/C10H21F/c1-5-6-9(2)10(3,4)7-8-11/h9H,5-8H2,1-4H3. The lowest BCUT2D eigenvalue weighted by molar-refractivity contribution is 0.180. The van der Waals surface area contributed by atoms with E-state index in [0.717, 1.165) is 0 Å². The second-order valence-corrected chi connectivity index (χ2v) is 4.12. The monoisotopic (exact) mass is 160 g/mol. The smallest absolute Gasteiger partial charge is 0.0899 e. The average molecular weight is 160 g/mol. The van der Waals surface area contributed by atoms with Gasteiger partial charge in [0, 0.05) is 0 Å². The lowest BCUT2D eigenvalue weighted by Gasteiger charge is -2.30. The van der Waals surface area contributed by atoms with Gasteiger partial charge < -0.3 is 0 Å². The molecule has 0 saturated heterocycles. The van der Waals surface area contributed by atoms with Gasteiger partial charge in [-0.2, -0.15) is 0 Å². The van der Waals surface area contributed by atoms with Crippen molar-refractivity contribution in [1.82, 2.24) is 0 Å². The lowest BCUT2D eigenvalue weighted by Crippen LogP contribution is -2.22. The minimum Gasteiger partial charge on any atom is -0.251 e. The summed E-state index contributed by atoms with van der Waals surface area (Å²) in [7, 11) is 0. The van der Waals surface area contributed by atoms with E-state index in [0.29, 0.717) is 12.3 Å². The maximum Gasteiger partial charge on any atom is 0.0899 e. The Morgan fingerprint density at radius 2 is 1.91 bits per heavy atom. The van der Waals surface area contributed by atoms with Crippen molar-refractivity contribution in [3.05, 3.63) is 0 Å². The van der Waals surface area contributed by atoms with Crippen LogP contribution in [0.1, 0.15) is 47.0 Å². The molecule has 0 aromatic rings. The predicted molar refractivity (Wildman–Crippen MR) is 48.4 cm³/mol. The van der Waals surface area contributed by atoms with Crippen molar-refractivity contribution in [2.75, 3.05) is 6.67 Å². The van der Waals surface area contributed by atoms with Gasteiger partial charge in [0.05, 0.1) is 6.67 Å². The summed E-state index contributed by atoms with van der Waals surface area (Å²) in [6, 6.07) is 0. The van der Waals surface area contributed by atoms with Crippen molar-refractivity contribution in [3.8, 4) is 0 Å². The molecule has 0 aliphatic rings. The van der Waals surface area contributed by atoms with Crippen LogP contribution in [0.15, 0.2) is 0 Å². The van der Waals surface area contributed by atoms with Crippen LogP contribution in [0.5, 0.6) is 0 Å². The maximum absolute atomic E-state index is 12.1. The van der Waals surface area contributed by atoms with E-state index >= 15 is 0 Å². The first-order valence-electron chi connectivity index (χ1n) is 4.60. The Labute approximate surface area is 70.2 Å². The quantitative estimate of drug-likeness (QED) is 0.573. The fourth-order valence-corrected chi connectivity index (χ4v) is 1.31. The van der Waals surface area contributed by atoms with Gasteiger partial charge in [0.15, 0.2) is 0 Å². The SMILES string of the molecule is CCCC(C)C(C)(C)CCF. The van der Waals surface area contributed by atoms with Gasteiger partial charge in [0.2, 0.25) is 0 Å². The number of hydrogen-bond acceptors (Lipinski definition) is 0. The lowest BCUT2D eigenvalue weighted by atomic mass is 9.75. The zero-order valence-corrected chi connectivity index (χ0v) is 8.28. The third-order valence-electron chi connectivity index (χ3n) is 2.79. The van der Waals surface area contributed by atoms with Crippen molar-refractivity contribution >= 4 is 0 Å². The Balaban J connectivity index is 3.83. The third kappa shape index (κ3) is 3.74. The first-order valence-corrected chi connectivity index (χ1v) is 4.60. The Bertz CT molecular complexity index is 97.0. The summed E-state index contributed by atoms with van der Waals surface area (Å²) in [4.78, 5) is 0. The highest BCUT2D eigenvalue weighted by atomic mass is 19.1. The van der Waals surface area contributed by atoms with Crippen molar-refractivity contribution in [1.29, 1.82) is 0 Å². The van der Waals surface area contributed by atoms with Gasteiger partial charge in [-0.25, -0.2) is 0 Å². The molecule has 0 heterocycles. The average Bonchev–Trinajstić information content (AvgIpc) is 1.88. The van der Waals surface area contributed by atoms with E-state index in [9.17, 15) is 4.39 Å². The number of rotatable bonds is 5. The van der Waals surface area contributed by atoms with Crippen LogP contribution in [0.3, 0.4) is 0 Å². The molecule has 0 aliphatic heterocycles. The summed E-state index contributed by atoms with van der Waals surface area (Å²) in [6.45, 7) is 8.54. The molecule has 0 N–H and O–H groups in total.